The van der Waals surface area contributed by atoms with E-state index in [1.807, 2.05) is 30.3 Å². The van der Waals surface area contributed by atoms with Crippen molar-refractivity contribution in [3.63, 3.8) is 0 Å². The molecule has 1 aliphatic rings. The summed E-state index contributed by atoms with van der Waals surface area (Å²) in [5.41, 5.74) is 1.94. The summed E-state index contributed by atoms with van der Waals surface area (Å²) in [6.45, 7) is 8.20. The summed E-state index contributed by atoms with van der Waals surface area (Å²) >= 11 is 0. The highest BCUT2D eigenvalue weighted by molar-refractivity contribution is 5.82. The lowest BCUT2D eigenvalue weighted by molar-refractivity contribution is 0.0928. The molecule has 2 aromatic rings. The van der Waals surface area contributed by atoms with Crippen molar-refractivity contribution in [2.24, 2.45) is 17.8 Å². The van der Waals surface area contributed by atoms with E-state index in [1.165, 1.54) is 0 Å². The van der Waals surface area contributed by atoms with E-state index in [4.69, 9.17) is 0 Å². The van der Waals surface area contributed by atoms with E-state index in [9.17, 15) is 5.11 Å². The van der Waals surface area contributed by atoms with Crippen LogP contribution in [0.25, 0.3) is 10.9 Å². The highest BCUT2D eigenvalue weighted by Gasteiger charge is 2.27. The molecule has 1 saturated heterocycles. The maximum atomic E-state index is 10.9. The van der Waals surface area contributed by atoms with Gasteiger partial charge in [0.2, 0.25) is 0 Å². The fourth-order valence-corrected chi connectivity index (χ4v) is 3.79. The maximum absolute atomic E-state index is 10.9. The summed E-state index contributed by atoms with van der Waals surface area (Å²) in [7, 11) is 0. The van der Waals surface area contributed by atoms with Crippen molar-refractivity contribution in [2.45, 2.75) is 25.9 Å². The molecule has 0 aliphatic carbocycles. The third-order valence-corrected chi connectivity index (χ3v) is 5.20. The molecule has 0 spiro atoms. The Bertz CT molecular complexity index is 664. The van der Waals surface area contributed by atoms with Crippen LogP contribution in [0.3, 0.4) is 0 Å². The third-order valence-electron chi connectivity index (χ3n) is 5.20. The Morgan fingerprint density at radius 3 is 3.04 bits per heavy atom. The number of nitrogens with one attached hydrogen (secondary N) is 1. The van der Waals surface area contributed by atoms with Crippen molar-refractivity contribution in [2.75, 3.05) is 13.1 Å². The minimum absolute atomic E-state index is 0.214. The number of benzene rings is 1. The van der Waals surface area contributed by atoms with E-state index in [1.54, 1.807) is 6.20 Å². The number of fused-ring (bicyclic) bond motifs is 1. The third kappa shape index (κ3) is 3.46. The molecule has 23 heavy (non-hydrogen) atoms. The van der Waals surface area contributed by atoms with E-state index >= 15 is 0 Å². The van der Waals surface area contributed by atoms with E-state index in [0.29, 0.717) is 11.8 Å². The van der Waals surface area contributed by atoms with Gasteiger partial charge in [-0.25, -0.2) is 0 Å². The molecular formula is C20H26N2O. The zero-order valence-electron chi connectivity index (χ0n) is 13.8. The number of hydrogen-bond donors (Lipinski definition) is 2. The molecule has 3 nitrogen and oxygen atoms in total. The first-order valence-corrected chi connectivity index (χ1v) is 8.55. The number of pyridine rings is 1. The molecule has 2 unspecified atom stereocenters. The maximum Gasteiger partial charge on any atom is 0.0822 e. The molecule has 1 aliphatic heterocycles. The van der Waals surface area contributed by atoms with Gasteiger partial charge >= 0.3 is 0 Å². The average molecular weight is 310 g/mol. The summed E-state index contributed by atoms with van der Waals surface area (Å²) in [5, 5.41) is 15.4. The topological polar surface area (TPSA) is 45.1 Å². The summed E-state index contributed by atoms with van der Waals surface area (Å²) in [4.78, 5) is 4.39. The number of nitrogens with zero attached hydrogens (tertiary/aromatic N) is 1. The Morgan fingerprint density at radius 1 is 1.39 bits per heavy atom. The van der Waals surface area contributed by atoms with Gasteiger partial charge in [-0.1, -0.05) is 31.2 Å². The molecule has 0 amide bonds. The highest BCUT2D eigenvalue weighted by Crippen LogP contribution is 2.35. The Hall–Kier alpha value is -1.71. The second-order valence-corrected chi connectivity index (χ2v) is 6.73. The molecule has 3 heteroatoms. The van der Waals surface area contributed by atoms with Crippen LogP contribution in [0.4, 0.5) is 0 Å². The van der Waals surface area contributed by atoms with Gasteiger partial charge in [0.05, 0.1) is 11.6 Å². The second kappa shape index (κ2) is 7.24. The van der Waals surface area contributed by atoms with Crippen LogP contribution >= 0.6 is 0 Å². The summed E-state index contributed by atoms with van der Waals surface area (Å²) < 4.78 is 0. The Balaban J connectivity index is 1.78. The lowest BCUT2D eigenvalue weighted by Crippen LogP contribution is -2.36. The molecule has 2 N–H and O–H groups in total. The van der Waals surface area contributed by atoms with Gasteiger partial charge in [0, 0.05) is 18.1 Å². The predicted molar refractivity (Wildman–Crippen MR) is 95.1 cm³/mol. The largest absolute Gasteiger partial charge is 0.388 e. The van der Waals surface area contributed by atoms with Crippen molar-refractivity contribution in [1.29, 1.82) is 0 Å². The van der Waals surface area contributed by atoms with Crippen molar-refractivity contribution in [1.82, 2.24) is 10.3 Å². The number of piperidine rings is 1. The highest BCUT2D eigenvalue weighted by atomic mass is 16.3. The number of aromatic nitrogens is 1. The number of aliphatic hydroxyl groups is 1. The minimum Gasteiger partial charge on any atom is -0.388 e. The normalized spacial score (nSPS) is 24.3. The average Bonchev–Trinajstić information content (AvgIpc) is 2.61. The van der Waals surface area contributed by atoms with Crippen LogP contribution in [-0.4, -0.2) is 23.2 Å². The number of aliphatic hydroxyl groups excluding tert-OH is 1. The van der Waals surface area contributed by atoms with Gasteiger partial charge in [0.1, 0.15) is 0 Å². The molecule has 2 heterocycles. The first-order chi connectivity index (χ1) is 11.2. The summed E-state index contributed by atoms with van der Waals surface area (Å²) in [5.74, 6) is 1.32. The van der Waals surface area contributed by atoms with Gasteiger partial charge in [-0.05, 0) is 54.8 Å². The minimum atomic E-state index is -0.455. The van der Waals surface area contributed by atoms with E-state index < -0.39 is 6.10 Å². The Labute approximate surface area is 138 Å². The van der Waals surface area contributed by atoms with Gasteiger partial charge in [-0.15, -0.1) is 6.58 Å². The zero-order chi connectivity index (χ0) is 16.2. The van der Waals surface area contributed by atoms with Crippen molar-refractivity contribution < 1.29 is 5.11 Å². The van der Waals surface area contributed by atoms with Crippen molar-refractivity contribution in [3.05, 3.63) is 54.7 Å². The monoisotopic (exact) mass is 310 g/mol. The van der Waals surface area contributed by atoms with Crippen LogP contribution in [0, 0.1) is 17.8 Å². The smallest absolute Gasteiger partial charge is 0.0822 e. The lowest BCUT2D eigenvalue weighted by Gasteiger charge is -2.33. The molecule has 0 bridgehead atoms. The van der Waals surface area contributed by atoms with Crippen LogP contribution in [0.15, 0.2) is 49.2 Å². The molecular weight excluding hydrogens is 284 g/mol. The van der Waals surface area contributed by atoms with Gasteiger partial charge in [-0.2, -0.15) is 0 Å². The summed E-state index contributed by atoms with van der Waals surface area (Å²) in [6, 6.07) is 9.99. The number of para-hydroxylation sites is 1. The molecule has 122 valence electrons. The predicted octanol–water partition coefficient (Wildman–Crippen LogP) is 3.71. The zero-order valence-corrected chi connectivity index (χ0v) is 13.8. The van der Waals surface area contributed by atoms with Gasteiger partial charge in [-0.3, -0.25) is 4.98 Å². The Morgan fingerprint density at radius 2 is 2.22 bits per heavy atom. The second-order valence-electron chi connectivity index (χ2n) is 6.73. The molecule has 1 aromatic heterocycles. The summed E-state index contributed by atoms with van der Waals surface area (Å²) in [6.07, 6.45) is 5.59. The van der Waals surface area contributed by atoms with Crippen molar-refractivity contribution >= 4 is 10.9 Å². The molecule has 0 saturated carbocycles. The van der Waals surface area contributed by atoms with Crippen LogP contribution in [0.2, 0.25) is 0 Å². The quantitative estimate of drug-likeness (QED) is 0.828. The van der Waals surface area contributed by atoms with E-state index in [0.717, 1.165) is 42.4 Å². The Kier molecular flexibility index (Phi) is 5.09. The molecule has 4 atom stereocenters. The van der Waals surface area contributed by atoms with Crippen LogP contribution in [-0.2, 0) is 0 Å². The molecule has 1 aromatic carbocycles. The van der Waals surface area contributed by atoms with Crippen molar-refractivity contribution in [3.8, 4) is 0 Å². The van der Waals surface area contributed by atoms with E-state index in [2.05, 4.69) is 29.9 Å². The van der Waals surface area contributed by atoms with Gasteiger partial charge < -0.3 is 10.4 Å². The molecule has 0 radical (unpaired) electrons. The number of rotatable bonds is 5. The SMILES string of the molecule is C=CC1CNCCC1C[C@H](C)[C@H](O)c1ccnc2ccccc12. The fourth-order valence-electron chi connectivity index (χ4n) is 3.79. The van der Waals surface area contributed by atoms with Crippen LogP contribution in [0.5, 0.6) is 0 Å². The van der Waals surface area contributed by atoms with E-state index in [-0.39, 0.29) is 5.92 Å². The lowest BCUT2D eigenvalue weighted by atomic mass is 9.78. The molecule has 3 rings (SSSR count). The number of hydrogen-bond acceptors (Lipinski definition) is 3. The van der Waals surface area contributed by atoms with Crippen LogP contribution < -0.4 is 5.32 Å². The van der Waals surface area contributed by atoms with Gasteiger partial charge in [0.15, 0.2) is 0 Å². The standard InChI is InChI=1S/C20H26N2O/c1-3-15-13-21-10-8-16(15)12-14(2)20(23)18-9-11-22-19-7-5-4-6-17(18)19/h3-7,9,11,14-16,20-21,23H,1,8,10,12-13H2,2H3/t14-,15?,16?,20-/m0/s1. The first kappa shape index (κ1) is 16.2. The van der Waals surface area contributed by atoms with Crippen LogP contribution in [0.1, 0.15) is 31.4 Å². The van der Waals surface area contributed by atoms with Gasteiger partial charge in [0.25, 0.3) is 0 Å². The molecule has 1 fully saturated rings. The first-order valence-electron chi connectivity index (χ1n) is 8.55. The fraction of sp³-hybridized carbons (Fsp3) is 0.450.